The summed E-state index contributed by atoms with van der Waals surface area (Å²) in [5, 5.41) is 0.228. The van der Waals surface area contributed by atoms with Crippen LogP contribution in [0.4, 0.5) is 14.5 Å². The number of pyridine rings is 1. The molecule has 0 aliphatic carbocycles. The van der Waals surface area contributed by atoms with E-state index in [2.05, 4.69) is 4.98 Å². The number of amides is 1. The number of alkyl halides is 2. The van der Waals surface area contributed by atoms with E-state index in [4.69, 9.17) is 17.3 Å². The minimum absolute atomic E-state index is 0.108. The summed E-state index contributed by atoms with van der Waals surface area (Å²) in [6.45, 7) is 1.79. The zero-order valence-electron chi connectivity index (χ0n) is 11.9. The van der Waals surface area contributed by atoms with Crippen LogP contribution in [0.2, 0.25) is 5.02 Å². The maximum atomic E-state index is 13.1. The van der Waals surface area contributed by atoms with E-state index in [0.717, 1.165) is 0 Å². The molecule has 2 saturated heterocycles. The van der Waals surface area contributed by atoms with Crippen molar-refractivity contribution in [1.82, 2.24) is 14.8 Å². The van der Waals surface area contributed by atoms with Gasteiger partial charge in [-0.2, -0.15) is 0 Å². The van der Waals surface area contributed by atoms with Gasteiger partial charge in [0.05, 0.1) is 16.9 Å². The van der Waals surface area contributed by atoms with Crippen molar-refractivity contribution in [3.63, 3.8) is 0 Å². The molecule has 2 aliphatic heterocycles. The predicted molar refractivity (Wildman–Crippen MR) is 79.1 cm³/mol. The Bertz CT molecular complexity index is 582. The molecule has 1 amide bonds. The van der Waals surface area contributed by atoms with Crippen LogP contribution in [0.5, 0.6) is 0 Å². The number of carbonyl (C=O) groups is 1. The molecule has 0 saturated carbocycles. The first-order valence-electron chi connectivity index (χ1n) is 7.18. The summed E-state index contributed by atoms with van der Waals surface area (Å²) in [5.41, 5.74) is 6.13. The number of carbonyl (C=O) groups excluding carboxylic acids is 1. The third-order valence-corrected chi connectivity index (χ3v) is 4.55. The van der Waals surface area contributed by atoms with Crippen molar-refractivity contribution in [3.05, 3.63) is 23.0 Å². The lowest BCUT2D eigenvalue weighted by Crippen LogP contribution is -2.62. The first-order valence-corrected chi connectivity index (χ1v) is 7.56. The summed E-state index contributed by atoms with van der Waals surface area (Å²) in [4.78, 5) is 19.9. The van der Waals surface area contributed by atoms with E-state index < -0.39 is 5.92 Å². The SMILES string of the molecule is Nc1cnc(C(=O)N2CC(N3CCC(F)(F)CC3)C2)c(Cl)c1. The molecule has 0 atom stereocenters. The molecule has 2 aliphatic rings. The van der Waals surface area contributed by atoms with Crippen molar-refractivity contribution in [2.75, 3.05) is 31.9 Å². The maximum Gasteiger partial charge on any atom is 0.274 e. The molecular formula is C14H17ClF2N4O. The number of rotatable bonds is 2. The first-order chi connectivity index (χ1) is 10.4. The fourth-order valence-corrected chi connectivity index (χ4v) is 3.08. The summed E-state index contributed by atoms with van der Waals surface area (Å²) in [5.74, 6) is -2.79. The molecule has 0 bridgehead atoms. The lowest BCUT2D eigenvalue weighted by atomic mass is 10.0. The molecule has 3 rings (SSSR count). The third-order valence-electron chi connectivity index (χ3n) is 4.26. The maximum absolute atomic E-state index is 13.1. The summed E-state index contributed by atoms with van der Waals surface area (Å²) < 4.78 is 26.3. The molecule has 0 spiro atoms. The lowest BCUT2D eigenvalue weighted by molar-refractivity contribution is -0.0764. The molecule has 1 aromatic rings. The Hall–Kier alpha value is -1.47. The molecule has 0 unspecified atom stereocenters. The highest BCUT2D eigenvalue weighted by atomic mass is 35.5. The minimum Gasteiger partial charge on any atom is -0.397 e. The van der Waals surface area contributed by atoms with Crippen LogP contribution in [0.3, 0.4) is 0 Å². The Morgan fingerprint density at radius 1 is 1.36 bits per heavy atom. The molecule has 2 fully saturated rings. The van der Waals surface area contributed by atoms with Crippen LogP contribution in [0.1, 0.15) is 23.3 Å². The summed E-state index contributed by atoms with van der Waals surface area (Å²) in [6.07, 6.45) is 1.18. The largest absolute Gasteiger partial charge is 0.397 e. The molecule has 1 aromatic heterocycles. The molecule has 0 aromatic carbocycles. The number of hydrogen-bond acceptors (Lipinski definition) is 4. The van der Waals surface area contributed by atoms with Crippen LogP contribution in [-0.2, 0) is 0 Å². The van der Waals surface area contributed by atoms with Crippen LogP contribution >= 0.6 is 11.6 Å². The Labute approximate surface area is 132 Å². The van der Waals surface area contributed by atoms with E-state index in [9.17, 15) is 13.6 Å². The van der Waals surface area contributed by atoms with E-state index in [1.807, 2.05) is 4.90 Å². The number of nitrogens with two attached hydrogens (primary N) is 1. The van der Waals surface area contributed by atoms with Gasteiger partial charge in [0.1, 0.15) is 5.69 Å². The van der Waals surface area contributed by atoms with Gasteiger partial charge in [-0.1, -0.05) is 11.6 Å². The zero-order chi connectivity index (χ0) is 15.9. The van der Waals surface area contributed by atoms with Crippen LogP contribution in [-0.4, -0.2) is 58.8 Å². The van der Waals surface area contributed by atoms with E-state index in [-0.39, 0.29) is 35.5 Å². The predicted octanol–water partition coefficient (Wildman–Crippen LogP) is 1.87. The lowest BCUT2D eigenvalue weighted by Gasteiger charge is -2.47. The number of hydrogen-bond donors (Lipinski definition) is 1. The number of piperidine rings is 1. The molecule has 0 radical (unpaired) electrons. The molecule has 22 heavy (non-hydrogen) atoms. The zero-order valence-corrected chi connectivity index (χ0v) is 12.7. The number of nitrogen functional groups attached to an aromatic ring is 1. The van der Waals surface area contributed by atoms with Gasteiger partial charge >= 0.3 is 0 Å². The standard InChI is InChI=1S/C14H17ClF2N4O/c15-11-5-9(18)6-19-12(11)13(22)21-7-10(8-21)20-3-1-14(16,17)2-4-20/h5-6,10H,1-4,7-8,18H2. The van der Waals surface area contributed by atoms with Gasteiger partial charge in [0.25, 0.3) is 11.8 Å². The Morgan fingerprint density at radius 2 is 2.00 bits per heavy atom. The topological polar surface area (TPSA) is 62.5 Å². The molecule has 3 heterocycles. The third kappa shape index (κ3) is 3.01. The quantitative estimate of drug-likeness (QED) is 0.899. The van der Waals surface area contributed by atoms with Crippen molar-refractivity contribution < 1.29 is 13.6 Å². The van der Waals surface area contributed by atoms with Crippen molar-refractivity contribution in [1.29, 1.82) is 0 Å². The first kappa shape index (κ1) is 15.4. The summed E-state index contributed by atoms with van der Waals surface area (Å²) >= 11 is 5.98. The summed E-state index contributed by atoms with van der Waals surface area (Å²) in [6, 6.07) is 1.64. The number of halogens is 3. The monoisotopic (exact) mass is 330 g/mol. The van der Waals surface area contributed by atoms with Crippen molar-refractivity contribution in [2.24, 2.45) is 0 Å². The van der Waals surface area contributed by atoms with Crippen molar-refractivity contribution in [2.45, 2.75) is 24.8 Å². The molecule has 5 nitrogen and oxygen atoms in total. The number of nitrogens with zero attached hydrogens (tertiary/aromatic N) is 3. The van der Waals surface area contributed by atoms with Gasteiger partial charge in [0, 0.05) is 45.1 Å². The number of aromatic nitrogens is 1. The van der Waals surface area contributed by atoms with E-state index in [0.29, 0.717) is 31.9 Å². The van der Waals surface area contributed by atoms with Crippen LogP contribution in [0.15, 0.2) is 12.3 Å². The van der Waals surface area contributed by atoms with E-state index >= 15 is 0 Å². The Kier molecular flexibility index (Phi) is 3.94. The summed E-state index contributed by atoms with van der Waals surface area (Å²) in [7, 11) is 0. The van der Waals surface area contributed by atoms with Crippen LogP contribution in [0.25, 0.3) is 0 Å². The van der Waals surface area contributed by atoms with E-state index in [1.54, 1.807) is 4.90 Å². The van der Waals surface area contributed by atoms with Gasteiger partial charge in [-0.25, -0.2) is 13.8 Å². The average molecular weight is 331 g/mol. The van der Waals surface area contributed by atoms with E-state index in [1.165, 1.54) is 12.3 Å². The Balaban J connectivity index is 1.56. The fraction of sp³-hybridized carbons (Fsp3) is 0.571. The van der Waals surface area contributed by atoms with Crippen molar-refractivity contribution >= 4 is 23.2 Å². The highest BCUT2D eigenvalue weighted by molar-refractivity contribution is 6.33. The fourth-order valence-electron chi connectivity index (χ4n) is 2.83. The van der Waals surface area contributed by atoms with Gasteiger partial charge in [-0.15, -0.1) is 0 Å². The van der Waals surface area contributed by atoms with Gasteiger partial charge < -0.3 is 10.6 Å². The Morgan fingerprint density at radius 3 is 2.59 bits per heavy atom. The van der Waals surface area contributed by atoms with Gasteiger partial charge in [0.15, 0.2) is 0 Å². The number of anilines is 1. The normalized spacial score (nSPS) is 22.4. The average Bonchev–Trinajstić information content (AvgIpc) is 2.38. The highest BCUT2D eigenvalue weighted by Crippen LogP contribution is 2.31. The minimum atomic E-state index is -2.54. The second-order valence-electron chi connectivity index (χ2n) is 5.85. The van der Waals surface area contributed by atoms with Gasteiger partial charge in [-0.3, -0.25) is 9.69 Å². The number of likely N-dealkylation sites (tertiary alicyclic amines) is 2. The molecule has 2 N–H and O–H groups in total. The molecule has 120 valence electrons. The second kappa shape index (κ2) is 5.62. The van der Waals surface area contributed by atoms with Gasteiger partial charge in [0.2, 0.25) is 0 Å². The highest BCUT2D eigenvalue weighted by Gasteiger charge is 2.41. The smallest absolute Gasteiger partial charge is 0.274 e. The second-order valence-corrected chi connectivity index (χ2v) is 6.26. The van der Waals surface area contributed by atoms with Crippen LogP contribution in [0, 0.1) is 0 Å². The molecule has 8 heteroatoms. The van der Waals surface area contributed by atoms with Crippen LogP contribution < -0.4 is 5.73 Å². The molecular weight excluding hydrogens is 314 g/mol. The van der Waals surface area contributed by atoms with Gasteiger partial charge in [-0.05, 0) is 6.07 Å². The van der Waals surface area contributed by atoms with Crippen molar-refractivity contribution in [3.8, 4) is 0 Å².